The zero-order valence-electron chi connectivity index (χ0n) is 14.1. The summed E-state index contributed by atoms with van der Waals surface area (Å²) >= 11 is 0. The molecule has 1 aromatic heterocycles. The van der Waals surface area contributed by atoms with Crippen molar-refractivity contribution in [2.75, 3.05) is 5.32 Å². The second-order valence-electron chi connectivity index (χ2n) is 6.10. The smallest absolute Gasteiger partial charge is 0.232 e. The summed E-state index contributed by atoms with van der Waals surface area (Å²) in [6, 6.07) is 12.1. The first-order valence-electron chi connectivity index (χ1n) is 8.01. The molecule has 2 aromatic carbocycles. The topological polar surface area (TPSA) is 70.7 Å². The number of amides is 1. The van der Waals surface area contributed by atoms with Gasteiger partial charge in [0.25, 0.3) is 0 Å². The summed E-state index contributed by atoms with van der Waals surface area (Å²) in [6.07, 6.45) is 0.596. The molecule has 5 nitrogen and oxygen atoms in total. The third kappa shape index (κ3) is 4.73. The zero-order chi connectivity index (χ0) is 17.8. The largest absolute Gasteiger partial charge is 0.326 e. The number of hydrogen-bond donors (Lipinski definition) is 2. The molecule has 0 fully saturated rings. The van der Waals surface area contributed by atoms with Crippen molar-refractivity contribution in [1.29, 1.82) is 0 Å². The van der Waals surface area contributed by atoms with Crippen molar-refractivity contribution >= 4 is 11.6 Å². The van der Waals surface area contributed by atoms with Crippen molar-refractivity contribution in [3.05, 3.63) is 76.6 Å². The maximum absolute atomic E-state index is 12.9. The average Bonchev–Trinajstić information content (AvgIpc) is 2.95. The van der Waals surface area contributed by atoms with Gasteiger partial charge in [-0.3, -0.25) is 9.89 Å². The van der Waals surface area contributed by atoms with Gasteiger partial charge in [-0.2, -0.15) is 5.10 Å². The molecule has 0 saturated carbocycles. The van der Waals surface area contributed by atoms with Crippen LogP contribution in [0.3, 0.4) is 0 Å². The van der Waals surface area contributed by atoms with Crippen molar-refractivity contribution < 1.29 is 9.18 Å². The Kier molecular flexibility index (Phi) is 4.88. The van der Waals surface area contributed by atoms with Crippen LogP contribution in [0.4, 0.5) is 10.1 Å². The van der Waals surface area contributed by atoms with Crippen LogP contribution >= 0.6 is 0 Å². The number of hydrogen-bond acceptors (Lipinski definition) is 3. The Morgan fingerprint density at radius 1 is 1.12 bits per heavy atom. The van der Waals surface area contributed by atoms with E-state index >= 15 is 0 Å². The summed E-state index contributed by atoms with van der Waals surface area (Å²) in [4.78, 5) is 16.5. The quantitative estimate of drug-likeness (QED) is 0.749. The molecule has 0 aliphatic heterocycles. The minimum absolute atomic E-state index is 0.0902. The number of nitrogens with one attached hydrogen (secondary N) is 2. The lowest BCUT2D eigenvalue weighted by Gasteiger charge is -2.06. The number of aromatic amines is 1. The minimum atomic E-state index is -0.273. The number of aryl methyl sites for hydroxylation is 2. The molecule has 0 atom stereocenters. The molecule has 0 unspecified atom stereocenters. The second-order valence-corrected chi connectivity index (χ2v) is 6.10. The number of H-pyrrole nitrogens is 1. The van der Waals surface area contributed by atoms with E-state index < -0.39 is 0 Å². The Labute approximate surface area is 145 Å². The number of carbonyl (C=O) groups is 1. The number of aromatic nitrogens is 3. The third-order valence-corrected chi connectivity index (χ3v) is 3.69. The summed E-state index contributed by atoms with van der Waals surface area (Å²) in [7, 11) is 0. The highest BCUT2D eigenvalue weighted by molar-refractivity contribution is 5.92. The first-order chi connectivity index (χ1) is 12.0. The lowest BCUT2D eigenvalue weighted by molar-refractivity contribution is -0.115. The minimum Gasteiger partial charge on any atom is -0.326 e. The third-order valence-electron chi connectivity index (χ3n) is 3.69. The monoisotopic (exact) mass is 338 g/mol. The van der Waals surface area contributed by atoms with E-state index in [1.165, 1.54) is 12.1 Å². The van der Waals surface area contributed by atoms with Crippen LogP contribution in [0.2, 0.25) is 0 Å². The van der Waals surface area contributed by atoms with E-state index in [1.807, 2.05) is 32.0 Å². The molecule has 0 radical (unpaired) electrons. The number of halogens is 1. The molecule has 2 N–H and O–H groups in total. The fraction of sp³-hybridized carbons (Fsp3) is 0.211. The van der Waals surface area contributed by atoms with Gasteiger partial charge in [0.1, 0.15) is 11.6 Å². The number of benzene rings is 2. The van der Waals surface area contributed by atoms with E-state index in [4.69, 9.17) is 0 Å². The Bertz CT molecular complexity index is 866. The molecule has 3 rings (SSSR count). The number of carbonyl (C=O) groups excluding carboxylic acids is 1. The van der Waals surface area contributed by atoms with Crippen molar-refractivity contribution in [1.82, 2.24) is 15.2 Å². The van der Waals surface area contributed by atoms with Gasteiger partial charge in [0.15, 0.2) is 5.82 Å². The molecular weight excluding hydrogens is 319 g/mol. The average molecular weight is 338 g/mol. The van der Waals surface area contributed by atoms with Gasteiger partial charge in [-0.05, 0) is 54.8 Å². The van der Waals surface area contributed by atoms with Crippen LogP contribution in [0.1, 0.15) is 28.3 Å². The summed E-state index contributed by atoms with van der Waals surface area (Å²) in [5.74, 6) is 0.627. The van der Waals surface area contributed by atoms with Crippen molar-refractivity contribution in [3.8, 4) is 0 Å². The molecule has 0 bridgehead atoms. The fourth-order valence-corrected chi connectivity index (χ4v) is 2.68. The Morgan fingerprint density at radius 3 is 2.48 bits per heavy atom. The van der Waals surface area contributed by atoms with Crippen LogP contribution in [0.15, 0.2) is 42.5 Å². The van der Waals surface area contributed by atoms with Crippen LogP contribution in [0.5, 0.6) is 0 Å². The summed E-state index contributed by atoms with van der Waals surface area (Å²) in [5.41, 5.74) is 3.87. The van der Waals surface area contributed by atoms with Crippen LogP contribution in [0, 0.1) is 19.7 Å². The van der Waals surface area contributed by atoms with Gasteiger partial charge in [0.2, 0.25) is 5.91 Å². The summed E-state index contributed by atoms with van der Waals surface area (Å²) in [5, 5.41) is 9.76. The van der Waals surface area contributed by atoms with Gasteiger partial charge < -0.3 is 5.32 Å². The number of anilines is 1. The number of nitrogens with zero attached hydrogens (tertiary/aromatic N) is 2. The molecule has 0 spiro atoms. The number of rotatable bonds is 5. The molecule has 128 valence electrons. The summed E-state index contributed by atoms with van der Waals surface area (Å²) < 4.78 is 12.9. The van der Waals surface area contributed by atoms with Gasteiger partial charge in [0, 0.05) is 12.1 Å². The molecule has 1 heterocycles. The van der Waals surface area contributed by atoms with Crippen LogP contribution in [-0.2, 0) is 17.6 Å². The van der Waals surface area contributed by atoms with E-state index in [0.717, 1.165) is 22.4 Å². The zero-order valence-corrected chi connectivity index (χ0v) is 14.1. The van der Waals surface area contributed by atoms with E-state index in [1.54, 1.807) is 12.1 Å². The van der Waals surface area contributed by atoms with Crippen LogP contribution in [-0.4, -0.2) is 21.1 Å². The van der Waals surface area contributed by atoms with Crippen molar-refractivity contribution in [3.63, 3.8) is 0 Å². The van der Waals surface area contributed by atoms with Gasteiger partial charge in [0.05, 0.1) is 6.42 Å². The van der Waals surface area contributed by atoms with Gasteiger partial charge >= 0.3 is 0 Å². The molecule has 3 aromatic rings. The maximum atomic E-state index is 12.9. The molecule has 6 heteroatoms. The standard InChI is InChI=1S/C19H19FN4O/c1-12-7-13(2)9-16(8-12)21-19(25)11-18-22-17(23-24-18)10-14-3-5-15(20)6-4-14/h3-9H,10-11H2,1-2H3,(H,21,25)(H,22,23,24). The Hall–Kier alpha value is -3.02. The normalized spacial score (nSPS) is 10.7. The van der Waals surface area contributed by atoms with E-state index in [2.05, 4.69) is 20.5 Å². The molecule has 0 aliphatic carbocycles. The van der Waals surface area contributed by atoms with Crippen molar-refractivity contribution in [2.24, 2.45) is 0 Å². The first-order valence-corrected chi connectivity index (χ1v) is 8.01. The highest BCUT2D eigenvalue weighted by Gasteiger charge is 2.10. The SMILES string of the molecule is Cc1cc(C)cc(NC(=O)Cc2n[nH]c(Cc3ccc(F)cc3)n2)c1. The first kappa shape index (κ1) is 16.8. The van der Waals surface area contributed by atoms with Crippen molar-refractivity contribution in [2.45, 2.75) is 26.7 Å². The predicted molar refractivity (Wildman–Crippen MR) is 93.8 cm³/mol. The van der Waals surface area contributed by atoms with Gasteiger partial charge in [-0.1, -0.05) is 18.2 Å². The maximum Gasteiger partial charge on any atom is 0.232 e. The lowest BCUT2D eigenvalue weighted by atomic mass is 10.1. The molecule has 25 heavy (non-hydrogen) atoms. The van der Waals surface area contributed by atoms with E-state index in [-0.39, 0.29) is 18.1 Å². The fourth-order valence-electron chi connectivity index (χ4n) is 2.68. The molecular formula is C19H19FN4O. The molecule has 0 saturated heterocycles. The molecule has 0 aliphatic rings. The Balaban J connectivity index is 1.60. The Morgan fingerprint density at radius 2 is 1.80 bits per heavy atom. The highest BCUT2D eigenvalue weighted by atomic mass is 19.1. The van der Waals surface area contributed by atoms with E-state index in [0.29, 0.717) is 18.1 Å². The van der Waals surface area contributed by atoms with Crippen LogP contribution < -0.4 is 5.32 Å². The highest BCUT2D eigenvalue weighted by Crippen LogP contribution is 2.14. The second kappa shape index (κ2) is 7.25. The molecule has 1 amide bonds. The van der Waals surface area contributed by atoms with Gasteiger partial charge in [-0.15, -0.1) is 0 Å². The predicted octanol–water partition coefficient (Wildman–Crippen LogP) is 3.33. The van der Waals surface area contributed by atoms with Crippen LogP contribution in [0.25, 0.3) is 0 Å². The van der Waals surface area contributed by atoms with E-state index in [9.17, 15) is 9.18 Å². The van der Waals surface area contributed by atoms with Gasteiger partial charge in [-0.25, -0.2) is 9.37 Å². The lowest BCUT2D eigenvalue weighted by Crippen LogP contribution is -2.15. The summed E-state index contributed by atoms with van der Waals surface area (Å²) in [6.45, 7) is 3.97.